The first-order chi connectivity index (χ1) is 9.45. The zero-order chi connectivity index (χ0) is 14.9. The van der Waals surface area contributed by atoms with Crippen molar-refractivity contribution < 1.29 is 14.0 Å². The largest absolute Gasteiger partial charge is 0.342 e. The van der Waals surface area contributed by atoms with Gasteiger partial charge in [0.2, 0.25) is 11.8 Å². The zero-order valence-corrected chi connectivity index (χ0v) is 12.1. The molecule has 0 radical (unpaired) electrons. The van der Waals surface area contributed by atoms with Gasteiger partial charge in [-0.3, -0.25) is 14.5 Å². The van der Waals surface area contributed by atoms with Crippen molar-refractivity contribution in [1.29, 1.82) is 0 Å². The Hall–Kier alpha value is -1.62. The normalized spacial score (nSPS) is 22.9. The molecular formula is C14H16ClFN2O2. The van der Waals surface area contributed by atoms with Gasteiger partial charge in [0.15, 0.2) is 0 Å². The number of halogens is 2. The van der Waals surface area contributed by atoms with Crippen molar-refractivity contribution in [1.82, 2.24) is 5.32 Å². The number of hydrogen-bond donors (Lipinski definition) is 1. The number of benzene rings is 1. The molecule has 1 fully saturated rings. The van der Waals surface area contributed by atoms with Gasteiger partial charge in [-0.15, -0.1) is 0 Å². The Balaban J connectivity index is 2.40. The van der Waals surface area contributed by atoms with Gasteiger partial charge in [-0.2, -0.15) is 0 Å². The van der Waals surface area contributed by atoms with E-state index < -0.39 is 17.9 Å². The fourth-order valence-corrected chi connectivity index (χ4v) is 2.58. The van der Waals surface area contributed by atoms with Crippen LogP contribution in [0.3, 0.4) is 0 Å². The molecule has 2 unspecified atom stereocenters. The van der Waals surface area contributed by atoms with Crippen LogP contribution < -0.4 is 10.2 Å². The van der Waals surface area contributed by atoms with Crippen LogP contribution in [-0.4, -0.2) is 23.9 Å². The van der Waals surface area contributed by atoms with Crippen molar-refractivity contribution >= 4 is 29.1 Å². The first-order valence-electron chi connectivity index (χ1n) is 6.54. The van der Waals surface area contributed by atoms with Gasteiger partial charge >= 0.3 is 0 Å². The predicted octanol–water partition coefficient (Wildman–Crippen LogP) is 2.50. The predicted molar refractivity (Wildman–Crippen MR) is 75.2 cm³/mol. The summed E-state index contributed by atoms with van der Waals surface area (Å²) in [6, 6.07) is 2.57. The molecule has 1 aliphatic rings. The SMILES string of the molecule is CCCC1NC(=O)C(C)N(c2ccc(F)cc2Cl)C1=O. The van der Waals surface area contributed by atoms with Crippen molar-refractivity contribution in [3.63, 3.8) is 0 Å². The van der Waals surface area contributed by atoms with E-state index in [1.807, 2.05) is 6.92 Å². The molecule has 1 heterocycles. The van der Waals surface area contributed by atoms with Gasteiger partial charge < -0.3 is 5.32 Å². The van der Waals surface area contributed by atoms with Crippen molar-refractivity contribution in [2.45, 2.75) is 38.8 Å². The minimum absolute atomic E-state index is 0.121. The van der Waals surface area contributed by atoms with E-state index in [-0.39, 0.29) is 16.8 Å². The smallest absolute Gasteiger partial charge is 0.250 e. The molecule has 1 saturated heterocycles. The van der Waals surface area contributed by atoms with Crippen LogP contribution in [0.15, 0.2) is 18.2 Å². The number of nitrogens with one attached hydrogen (secondary N) is 1. The summed E-state index contributed by atoms with van der Waals surface area (Å²) in [5.41, 5.74) is 0.363. The summed E-state index contributed by atoms with van der Waals surface area (Å²) in [4.78, 5) is 25.8. The molecule has 2 atom stereocenters. The molecule has 4 nitrogen and oxygen atoms in total. The highest BCUT2D eigenvalue weighted by Gasteiger charge is 2.39. The lowest BCUT2D eigenvalue weighted by Gasteiger charge is -2.37. The maximum Gasteiger partial charge on any atom is 0.250 e. The average Bonchev–Trinajstić information content (AvgIpc) is 2.39. The topological polar surface area (TPSA) is 49.4 Å². The third-order valence-corrected chi connectivity index (χ3v) is 3.67. The molecule has 0 spiro atoms. The minimum Gasteiger partial charge on any atom is -0.342 e. The van der Waals surface area contributed by atoms with Gasteiger partial charge in [-0.25, -0.2) is 4.39 Å². The summed E-state index contributed by atoms with van der Waals surface area (Å²) in [5.74, 6) is -0.929. The van der Waals surface area contributed by atoms with Gasteiger partial charge in [0.25, 0.3) is 0 Å². The van der Waals surface area contributed by atoms with E-state index in [2.05, 4.69) is 5.32 Å². The number of anilines is 1. The summed E-state index contributed by atoms with van der Waals surface area (Å²) in [7, 11) is 0. The maximum atomic E-state index is 13.1. The van der Waals surface area contributed by atoms with Gasteiger partial charge in [0.1, 0.15) is 17.9 Å². The van der Waals surface area contributed by atoms with Crippen LogP contribution in [0.1, 0.15) is 26.7 Å². The zero-order valence-electron chi connectivity index (χ0n) is 11.3. The molecule has 1 N–H and O–H groups in total. The van der Waals surface area contributed by atoms with Gasteiger partial charge in [-0.1, -0.05) is 24.9 Å². The van der Waals surface area contributed by atoms with E-state index in [1.54, 1.807) is 6.92 Å². The first-order valence-corrected chi connectivity index (χ1v) is 6.92. The molecule has 1 aromatic carbocycles. The lowest BCUT2D eigenvalue weighted by atomic mass is 10.0. The highest BCUT2D eigenvalue weighted by Crippen LogP contribution is 2.30. The van der Waals surface area contributed by atoms with Gasteiger partial charge in [0, 0.05) is 0 Å². The van der Waals surface area contributed by atoms with E-state index in [0.29, 0.717) is 12.1 Å². The second-order valence-electron chi connectivity index (χ2n) is 4.83. The Bertz CT molecular complexity index is 550. The fraction of sp³-hybridized carbons (Fsp3) is 0.429. The summed E-state index contributed by atoms with van der Waals surface area (Å²) in [6.45, 7) is 3.56. The van der Waals surface area contributed by atoms with Crippen LogP contribution in [0.4, 0.5) is 10.1 Å². The number of rotatable bonds is 3. The molecule has 108 valence electrons. The number of amides is 2. The molecule has 0 aliphatic carbocycles. The lowest BCUT2D eigenvalue weighted by molar-refractivity contribution is -0.133. The summed E-state index contributed by atoms with van der Waals surface area (Å²) >= 11 is 6.00. The minimum atomic E-state index is -0.668. The number of hydrogen-bond acceptors (Lipinski definition) is 2. The molecular weight excluding hydrogens is 283 g/mol. The average molecular weight is 299 g/mol. The Morgan fingerprint density at radius 1 is 1.40 bits per heavy atom. The molecule has 0 bridgehead atoms. The molecule has 0 saturated carbocycles. The van der Waals surface area contributed by atoms with Gasteiger partial charge in [-0.05, 0) is 31.5 Å². The molecule has 2 rings (SSSR count). The molecule has 20 heavy (non-hydrogen) atoms. The Kier molecular flexibility index (Phi) is 4.28. The van der Waals surface area contributed by atoms with Crippen LogP contribution in [0, 0.1) is 5.82 Å². The number of nitrogens with zero attached hydrogens (tertiary/aromatic N) is 1. The number of carbonyl (C=O) groups excluding carboxylic acids is 2. The Labute approximate surface area is 121 Å². The Morgan fingerprint density at radius 2 is 2.10 bits per heavy atom. The summed E-state index contributed by atoms with van der Waals surface area (Å²) < 4.78 is 13.1. The van der Waals surface area contributed by atoms with Crippen molar-refractivity contribution in [3.05, 3.63) is 29.0 Å². The second-order valence-corrected chi connectivity index (χ2v) is 5.24. The highest BCUT2D eigenvalue weighted by molar-refractivity contribution is 6.34. The van der Waals surface area contributed by atoms with Crippen LogP contribution in [0.2, 0.25) is 5.02 Å². The van der Waals surface area contributed by atoms with E-state index >= 15 is 0 Å². The number of piperazine rings is 1. The molecule has 6 heteroatoms. The van der Waals surface area contributed by atoms with E-state index in [0.717, 1.165) is 12.5 Å². The monoisotopic (exact) mass is 298 g/mol. The van der Waals surface area contributed by atoms with Crippen molar-refractivity contribution in [2.24, 2.45) is 0 Å². The van der Waals surface area contributed by atoms with Gasteiger partial charge in [0.05, 0.1) is 10.7 Å². The van der Waals surface area contributed by atoms with Crippen LogP contribution in [-0.2, 0) is 9.59 Å². The quantitative estimate of drug-likeness (QED) is 0.932. The van der Waals surface area contributed by atoms with E-state index in [9.17, 15) is 14.0 Å². The molecule has 0 aromatic heterocycles. The third-order valence-electron chi connectivity index (χ3n) is 3.37. The first kappa shape index (κ1) is 14.8. The Morgan fingerprint density at radius 3 is 2.70 bits per heavy atom. The van der Waals surface area contributed by atoms with Crippen LogP contribution in [0.5, 0.6) is 0 Å². The van der Waals surface area contributed by atoms with Crippen molar-refractivity contribution in [2.75, 3.05) is 4.90 Å². The van der Waals surface area contributed by atoms with Crippen LogP contribution >= 0.6 is 11.6 Å². The summed E-state index contributed by atoms with van der Waals surface area (Å²) in [5, 5.41) is 2.82. The maximum absolute atomic E-state index is 13.1. The fourth-order valence-electron chi connectivity index (χ4n) is 2.32. The second kappa shape index (κ2) is 5.79. The highest BCUT2D eigenvalue weighted by atomic mass is 35.5. The van der Waals surface area contributed by atoms with Crippen molar-refractivity contribution in [3.8, 4) is 0 Å². The number of carbonyl (C=O) groups is 2. The lowest BCUT2D eigenvalue weighted by Crippen LogP contribution is -2.62. The van der Waals surface area contributed by atoms with Crippen LogP contribution in [0.25, 0.3) is 0 Å². The molecule has 2 amide bonds. The van der Waals surface area contributed by atoms with E-state index in [1.165, 1.54) is 17.0 Å². The third kappa shape index (κ3) is 2.63. The van der Waals surface area contributed by atoms with E-state index in [4.69, 9.17) is 11.6 Å². The standard InChI is InChI=1S/C14H16ClFN2O2/c1-3-4-11-14(20)18(8(2)13(19)17-11)12-6-5-9(16)7-10(12)15/h5-8,11H,3-4H2,1-2H3,(H,17,19). The summed E-state index contributed by atoms with van der Waals surface area (Å²) in [6.07, 6.45) is 1.34. The molecule has 1 aromatic rings. The molecule has 1 aliphatic heterocycles.